The number of hydrogen-bond donors (Lipinski definition) is 1. The number of aryl methyl sites for hydroxylation is 1. The Morgan fingerprint density at radius 2 is 2.29 bits per heavy atom. The van der Waals surface area contributed by atoms with Crippen molar-refractivity contribution in [3.05, 3.63) is 67.1 Å². The molecule has 1 aliphatic carbocycles. The quantitative estimate of drug-likeness (QED) is 0.372. The first-order valence-corrected chi connectivity index (χ1v) is 10.8. The zero-order valence-corrected chi connectivity index (χ0v) is 17.9. The number of aromatic nitrogens is 2. The molecule has 1 amide bonds. The topological polar surface area (TPSA) is 119 Å². The van der Waals surface area contributed by atoms with Crippen LogP contribution in [0.25, 0.3) is 10.2 Å². The molecule has 2 heterocycles. The molecule has 1 aliphatic rings. The van der Waals surface area contributed by atoms with Crippen LogP contribution in [0, 0.1) is 16.0 Å². The van der Waals surface area contributed by atoms with Crippen molar-refractivity contribution < 1.29 is 9.72 Å². The van der Waals surface area contributed by atoms with Gasteiger partial charge in [-0.25, -0.2) is 10.4 Å². The first-order valence-electron chi connectivity index (χ1n) is 9.94. The minimum absolute atomic E-state index is 0.0666. The molecule has 0 bridgehead atoms. The number of benzene rings is 1. The van der Waals surface area contributed by atoms with Gasteiger partial charge in [0, 0.05) is 22.6 Å². The zero-order chi connectivity index (χ0) is 22.1. The summed E-state index contributed by atoms with van der Waals surface area (Å²) in [5.41, 5.74) is 3.65. The standard InChI is InChI=1S/C21H21N5O4S/c1-12-6-7-16-17(8-12)31-20-18(16)21(28)25(11-22-20)13(2)19(27)24-23-10-14-4-3-5-15(9-14)26(29)30/h3-5,9-13H,6-8H2,1-2H3,(H,24,27). The van der Waals surface area contributed by atoms with Crippen LogP contribution in [-0.4, -0.2) is 26.6 Å². The maximum absolute atomic E-state index is 13.1. The summed E-state index contributed by atoms with van der Waals surface area (Å²) in [6.45, 7) is 3.81. The molecule has 31 heavy (non-hydrogen) atoms. The van der Waals surface area contributed by atoms with Crippen molar-refractivity contribution in [2.24, 2.45) is 11.0 Å². The lowest BCUT2D eigenvalue weighted by molar-refractivity contribution is -0.384. The SMILES string of the molecule is CC1CCc2c(sc3ncn(C(C)C(=O)NN=Cc4cccc([N+](=O)[O-])c4)c(=O)c23)C1. The van der Waals surface area contributed by atoms with Crippen molar-refractivity contribution >= 4 is 39.4 Å². The Morgan fingerprint density at radius 3 is 3.06 bits per heavy atom. The number of carbonyl (C=O) groups is 1. The molecule has 160 valence electrons. The van der Waals surface area contributed by atoms with Gasteiger partial charge in [0.25, 0.3) is 17.2 Å². The molecule has 4 rings (SSSR count). The molecule has 0 saturated carbocycles. The van der Waals surface area contributed by atoms with Crippen molar-refractivity contribution in [3.63, 3.8) is 0 Å². The van der Waals surface area contributed by atoms with E-state index in [1.54, 1.807) is 24.3 Å². The van der Waals surface area contributed by atoms with E-state index in [2.05, 4.69) is 22.4 Å². The van der Waals surface area contributed by atoms with E-state index in [1.165, 1.54) is 40.2 Å². The lowest BCUT2D eigenvalue weighted by atomic mass is 9.89. The predicted octanol–water partition coefficient (Wildman–Crippen LogP) is 3.20. The molecule has 0 saturated heterocycles. The zero-order valence-electron chi connectivity index (χ0n) is 17.1. The molecular weight excluding hydrogens is 418 g/mol. The molecule has 0 aliphatic heterocycles. The second-order valence-corrected chi connectivity index (χ2v) is 8.83. The van der Waals surface area contributed by atoms with Crippen LogP contribution in [0.3, 0.4) is 0 Å². The summed E-state index contributed by atoms with van der Waals surface area (Å²) in [4.78, 5) is 42.4. The molecule has 2 aromatic heterocycles. The molecule has 0 spiro atoms. The fourth-order valence-electron chi connectivity index (χ4n) is 3.73. The summed E-state index contributed by atoms with van der Waals surface area (Å²) in [6, 6.07) is 5.07. The highest BCUT2D eigenvalue weighted by Gasteiger charge is 2.25. The van der Waals surface area contributed by atoms with E-state index >= 15 is 0 Å². The van der Waals surface area contributed by atoms with Crippen LogP contribution >= 0.6 is 11.3 Å². The Hall–Kier alpha value is -3.40. The second-order valence-electron chi connectivity index (χ2n) is 7.75. The van der Waals surface area contributed by atoms with Gasteiger partial charge in [-0.05, 0) is 37.7 Å². The van der Waals surface area contributed by atoms with Gasteiger partial charge >= 0.3 is 0 Å². The lowest BCUT2D eigenvalue weighted by Gasteiger charge is -2.18. The summed E-state index contributed by atoms with van der Waals surface area (Å²) in [5.74, 6) is 0.110. The fourth-order valence-corrected chi connectivity index (χ4v) is 5.07. The van der Waals surface area contributed by atoms with Crippen LogP contribution in [0.15, 0.2) is 40.5 Å². The van der Waals surface area contributed by atoms with Gasteiger partial charge in [-0.15, -0.1) is 11.3 Å². The first kappa shape index (κ1) is 20.9. The molecule has 1 aromatic carbocycles. The third-order valence-electron chi connectivity index (χ3n) is 5.51. The van der Waals surface area contributed by atoms with Crippen molar-refractivity contribution in [1.29, 1.82) is 0 Å². The fraction of sp³-hybridized carbons (Fsp3) is 0.333. The molecule has 2 atom stereocenters. The lowest BCUT2D eigenvalue weighted by Crippen LogP contribution is -2.34. The Kier molecular flexibility index (Phi) is 5.64. The van der Waals surface area contributed by atoms with Gasteiger partial charge in [-0.2, -0.15) is 5.10 Å². The molecular formula is C21H21N5O4S. The van der Waals surface area contributed by atoms with Gasteiger partial charge in [0.15, 0.2) is 0 Å². The Bertz CT molecular complexity index is 1260. The molecule has 2 unspecified atom stereocenters. The predicted molar refractivity (Wildman–Crippen MR) is 119 cm³/mol. The number of fused-ring (bicyclic) bond motifs is 3. The number of non-ortho nitro benzene ring substituents is 1. The highest BCUT2D eigenvalue weighted by atomic mass is 32.1. The summed E-state index contributed by atoms with van der Waals surface area (Å²) in [6.07, 6.45) is 5.57. The molecule has 0 radical (unpaired) electrons. The van der Waals surface area contributed by atoms with E-state index in [9.17, 15) is 19.7 Å². The van der Waals surface area contributed by atoms with Crippen LogP contribution in [0.1, 0.15) is 42.3 Å². The van der Waals surface area contributed by atoms with E-state index in [0.29, 0.717) is 16.9 Å². The smallest absolute Gasteiger partial charge is 0.270 e. The van der Waals surface area contributed by atoms with Crippen molar-refractivity contribution in [1.82, 2.24) is 15.0 Å². The molecule has 0 fully saturated rings. The number of amides is 1. The van der Waals surface area contributed by atoms with Crippen LogP contribution < -0.4 is 11.0 Å². The van der Waals surface area contributed by atoms with Crippen molar-refractivity contribution in [2.75, 3.05) is 0 Å². The summed E-state index contributed by atoms with van der Waals surface area (Å²) < 4.78 is 1.32. The minimum atomic E-state index is -0.815. The average molecular weight is 439 g/mol. The normalized spacial score (nSPS) is 16.9. The molecule has 3 aromatic rings. The number of rotatable bonds is 5. The second kappa shape index (κ2) is 8.38. The maximum Gasteiger partial charge on any atom is 0.270 e. The number of thiophene rings is 1. The number of hydrogen-bond acceptors (Lipinski definition) is 7. The third kappa shape index (κ3) is 4.11. The van der Waals surface area contributed by atoms with Crippen molar-refractivity contribution in [3.8, 4) is 0 Å². The molecule has 9 nitrogen and oxygen atoms in total. The number of nitrogens with zero attached hydrogens (tertiary/aromatic N) is 4. The summed E-state index contributed by atoms with van der Waals surface area (Å²) >= 11 is 1.56. The minimum Gasteiger partial charge on any atom is -0.286 e. The van der Waals surface area contributed by atoms with Crippen LogP contribution in [0.5, 0.6) is 0 Å². The van der Waals surface area contributed by atoms with Gasteiger partial charge in [-0.3, -0.25) is 24.3 Å². The van der Waals surface area contributed by atoms with E-state index in [0.717, 1.165) is 29.7 Å². The van der Waals surface area contributed by atoms with E-state index in [1.807, 2.05) is 0 Å². The highest BCUT2D eigenvalue weighted by Crippen LogP contribution is 2.35. The van der Waals surface area contributed by atoms with Gasteiger partial charge in [0.2, 0.25) is 0 Å². The number of nitrogens with one attached hydrogen (secondary N) is 1. The van der Waals surface area contributed by atoms with Gasteiger partial charge in [0.05, 0.1) is 22.9 Å². The van der Waals surface area contributed by atoms with Crippen LogP contribution in [0.4, 0.5) is 5.69 Å². The first-order chi connectivity index (χ1) is 14.8. The van der Waals surface area contributed by atoms with Gasteiger partial charge in [-0.1, -0.05) is 19.1 Å². The third-order valence-corrected chi connectivity index (χ3v) is 6.67. The Morgan fingerprint density at radius 1 is 1.48 bits per heavy atom. The van der Waals surface area contributed by atoms with E-state index in [4.69, 9.17) is 0 Å². The monoisotopic (exact) mass is 439 g/mol. The van der Waals surface area contributed by atoms with E-state index in [-0.39, 0.29) is 11.2 Å². The van der Waals surface area contributed by atoms with Crippen molar-refractivity contribution in [2.45, 2.75) is 39.2 Å². The summed E-state index contributed by atoms with van der Waals surface area (Å²) in [7, 11) is 0. The highest BCUT2D eigenvalue weighted by molar-refractivity contribution is 7.18. The van der Waals surface area contributed by atoms with Gasteiger partial charge < -0.3 is 0 Å². The molecule has 1 N–H and O–H groups in total. The number of carbonyl (C=O) groups excluding carboxylic acids is 1. The number of nitro groups is 1. The molecule has 10 heteroatoms. The van der Waals surface area contributed by atoms with Crippen LogP contribution in [-0.2, 0) is 17.6 Å². The largest absolute Gasteiger partial charge is 0.286 e. The number of hydrazone groups is 1. The Balaban J connectivity index is 1.54. The number of nitro benzene ring substituents is 1. The van der Waals surface area contributed by atoms with Crippen LogP contribution in [0.2, 0.25) is 0 Å². The average Bonchev–Trinajstić information content (AvgIpc) is 3.12. The summed E-state index contributed by atoms with van der Waals surface area (Å²) in [5, 5.41) is 15.3. The van der Waals surface area contributed by atoms with Gasteiger partial charge in [0.1, 0.15) is 10.9 Å². The van der Waals surface area contributed by atoms with E-state index < -0.39 is 16.9 Å². The maximum atomic E-state index is 13.1. The Labute approximate surface area is 181 Å².